The monoisotopic (exact) mass is 412 g/mol. The molecule has 1 N–H and O–H groups in total. The second-order valence-electron chi connectivity index (χ2n) is 7.07. The molecule has 0 atom stereocenters. The van der Waals surface area contributed by atoms with E-state index in [4.69, 9.17) is 4.74 Å². The summed E-state index contributed by atoms with van der Waals surface area (Å²) < 4.78 is 19.1. The van der Waals surface area contributed by atoms with E-state index in [1.807, 2.05) is 66.7 Å². The summed E-state index contributed by atoms with van der Waals surface area (Å²) in [5, 5.41) is 6.16. The van der Waals surface area contributed by atoms with Crippen LogP contribution in [0.2, 0.25) is 0 Å². The summed E-state index contributed by atoms with van der Waals surface area (Å²) in [6.07, 6.45) is 1.85. The molecule has 0 aliphatic rings. The van der Waals surface area contributed by atoms with Crippen LogP contribution in [0.25, 0.3) is 10.8 Å². The van der Waals surface area contributed by atoms with Gasteiger partial charge in [-0.15, -0.1) is 0 Å². The van der Waals surface area contributed by atoms with E-state index in [1.165, 1.54) is 12.1 Å². The van der Waals surface area contributed by atoms with Crippen molar-refractivity contribution < 1.29 is 13.9 Å². The van der Waals surface area contributed by atoms with E-state index >= 15 is 0 Å². The number of fused-ring (bicyclic) bond motifs is 1. The zero-order valence-electron chi connectivity index (χ0n) is 16.8. The molecule has 0 spiro atoms. The van der Waals surface area contributed by atoms with Crippen LogP contribution in [0.1, 0.15) is 16.7 Å². The molecular weight excluding hydrogens is 391 g/mol. The summed E-state index contributed by atoms with van der Waals surface area (Å²) in [5.41, 5.74) is 5.12. The van der Waals surface area contributed by atoms with E-state index in [1.54, 1.807) is 18.3 Å². The molecule has 154 valence electrons. The largest absolute Gasteiger partial charge is 0.488 e. The average Bonchev–Trinajstić information content (AvgIpc) is 2.80. The highest BCUT2D eigenvalue weighted by molar-refractivity contribution is 6.02. The number of halogens is 1. The standard InChI is InChI=1S/C26H21FN2O2/c27-22-13-10-20(11-14-22)18-31-25-15-12-21-8-4-5-9-23(21)24(25)17-28-29-26(30)16-19-6-2-1-3-7-19/h1-15,17H,16,18H2,(H,29,30)/b28-17+. The SMILES string of the molecule is O=C(Cc1ccccc1)N/N=C/c1c(OCc2ccc(F)cc2)ccc2ccccc12. The maximum absolute atomic E-state index is 13.1. The van der Waals surface area contributed by atoms with Gasteiger partial charge in [-0.05, 0) is 40.1 Å². The first-order chi connectivity index (χ1) is 15.2. The Balaban J connectivity index is 1.52. The molecule has 4 aromatic carbocycles. The van der Waals surface area contributed by atoms with Gasteiger partial charge in [0.05, 0.1) is 12.6 Å². The normalized spacial score (nSPS) is 11.0. The first-order valence-electron chi connectivity index (χ1n) is 9.94. The minimum Gasteiger partial charge on any atom is -0.488 e. The lowest BCUT2D eigenvalue weighted by molar-refractivity contribution is -0.120. The molecule has 0 aliphatic heterocycles. The summed E-state index contributed by atoms with van der Waals surface area (Å²) in [6.45, 7) is 0.291. The van der Waals surface area contributed by atoms with Gasteiger partial charge in [0.1, 0.15) is 18.2 Å². The molecule has 0 aromatic heterocycles. The Hall–Kier alpha value is -3.99. The number of rotatable bonds is 7. The van der Waals surface area contributed by atoms with Crippen molar-refractivity contribution in [2.24, 2.45) is 5.10 Å². The van der Waals surface area contributed by atoms with Gasteiger partial charge in [0, 0.05) is 5.56 Å². The Morgan fingerprint density at radius 2 is 1.61 bits per heavy atom. The highest BCUT2D eigenvalue weighted by Crippen LogP contribution is 2.27. The second-order valence-corrected chi connectivity index (χ2v) is 7.07. The van der Waals surface area contributed by atoms with E-state index in [9.17, 15) is 9.18 Å². The predicted octanol–water partition coefficient (Wildman–Crippen LogP) is 5.25. The lowest BCUT2D eigenvalue weighted by Gasteiger charge is -2.12. The molecule has 4 aromatic rings. The van der Waals surface area contributed by atoms with Gasteiger partial charge in [0.15, 0.2) is 0 Å². The molecule has 5 heteroatoms. The Bertz CT molecular complexity index is 1210. The molecule has 4 rings (SSSR count). The van der Waals surface area contributed by atoms with E-state index in [-0.39, 0.29) is 18.1 Å². The summed E-state index contributed by atoms with van der Waals surface area (Å²) in [5.74, 6) is 0.147. The highest BCUT2D eigenvalue weighted by Gasteiger charge is 2.08. The number of carbonyl (C=O) groups is 1. The lowest BCUT2D eigenvalue weighted by Crippen LogP contribution is -2.19. The molecule has 0 bridgehead atoms. The van der Waals surface area contributed by atoms with Gasteiger partial charge in [0.25, 0.3) is 0 Å². The van der Waals surface area contributed by atoms with E-state index in [2.05, 4.69) is 10.5 Å². The van der Waals surface area contributed by atoms with Crippen LogP contribution < -0.4 is 10.2 Å². The van der Waals surface area contributed by atoms with Crippen LogP contribution in [-0.2, 0) is 17.8 Å². The van der Waals surface area contributed by atoms with Crippen LogP contribution in [0.4, 0.5) is 4.39 Å². The van der Waals surface area contributed by atoms with E-state index in [0.29, 0.717) is 12.4 Å². The fourth-order valence-electron chi connectivity index (χ4n) is 3.27. The third-order valence-corrected chi connectivity index (χ3v) is 4.83. The smallest absolute Gasteiger partial charge is 0.244 e. The van der Waals surface area contributed by atoms with Crippen molar-refractivity contribution in [3.05, 3.63) is 114 Å². The Labute approximate surface area is 180 Å². The van der Waals surface area contributed by atoms with Crippen molar-refractivity contribution in [2.75, 3.05) is 0 Å². The molecule has 0 saturated carbocycles. The predicted molar refractivity (Wildman–Crippen MR) is 121 cm³/mol. The highest BCUT2D eigenvalue weighted by atomic mass is 19.1. The van der Waals surface area contributed by atoms with Gasteiger partial charge < -0.3 is 4.74 Å². The number of hydrogen-bond donors (Lipinski definition) is 1. The first-order valence-corrected chi connectivity index (χ1v) is 9.94. The van der Waals surface area contributed by atoms with Crippen molar-refractivity contribution in [1.82, 2.24) is 5.43 Å². The van der Waals surface area contributed by atoms with Gasteiger partial charge in [-0.1, -0.05) is 72.8 Å². The van der Waals surface area contributed by atoms with E-state index in [0.717, 1.165) is 27.5 Å². The van der Waals surface area contributed by atoms with Crippen LogP contribution in [0.5, 0.6) is 5.75 Å². The third kappa shape index (κ3) is 5.34. The molecule has 0 saturated heterocycles. The van der Waals surface area contributed by atoms with Gasteiger partial charge in [-0.25, -0.2) is 9.82 Å². The summed E-state index contributed by atoms with van der Waals surface area (Å²) in [7, 11) is 0. The number of nitrogens with one attached hydrogen (secondary N) is 1. The molecule has 0 aliphatic carbocycles. The van der Waals surface area contributed by atoms with Gasteiger partial charge >= 0.3 is 0 Å². The van der Waals surface area contributed by atoms with Crippen molar-refractivity contribution in [2.45, 2.75) is 13.0 Å². The summed E-state index contributed by atoms with van der Waals surface area (Å²) in [4.78, 5) is 12.2. The van der Waals surface area contributed by atoms with E-state index < -0.39 is 0 Å². The summed E-state index contributed by atoms with van der Waals surface area (Å²) >= 11 is 0. The number of benzene rings is 4. The topological polar surface area (TPSA) is 50.7 Å². The fraction of sp³-hybridized carbons (Fsp3) is 0.0769. The Kier molecular flexibility index (Phi) is 6.33. The molecular formula is C26H21FN2O2. The van der Waals surface area contributed by atoms with Gasteiger partial charge in [-0.2, -0.15) is 5.10 Å². The number of hydrazone groups is 1. The van der Waals surface area contributed by atoms with Crippen LogP contribution in [0, 0.1) is 5.82 Å². The zero-order chi connectivity index (χ0) is 21.5. The zero-order valence-corrected chi connectivity index (χ0v) is 16.8. The average molecular weight is 412 g/mol. The molecule has 0 radical (unpaired) electrons. The number of carbonyl (C=O) groups excluding carboxylic acids is 1. The summed E-state index contributed by atoms with van der Waals surface area (Å²) in [6, 6.07) is 27.4. The minimum atomic E-state index is -0.284. The fourth-order valence-corrected chi connectivity index (χ4v) is 3.27. The number of ether oxygens (including phenoxy) is 1. The lowest BCUT2D eigenvalue weighted by atomic mass is 10.0. The molecule has 0 fully saturated rings. The molecule has 4 nitrogen and oxygen atoms in total. The number of nitrogens with zero attached hydrogens (tertiary/aromatic N) is 1. The van der Waals surface area contributed by atoms with Crippen molar-refractivity contribution in [1.29, 1.82) is 0 Å². The minimum absolute atomic E-state index is 0.198. The van der Waals surface area contributed by atoms with Crippen LogP contribution in [0.3, 0.4) is 0 Å². The second kappa shape index (κ2) is 9.67. The maximum Gasteiger partial charge on any atom is 0.244 e. The van der Waals surface area contributed by atoms with Crippen molar-refractivity contribution in [3.8, 4) is 5.75 Å². The van der Waals surface area contributed by atoms with Crippen LogP contribution >= 0.6 is 0 Å². The van der Waals surface area contributed by atoms with Crippen LogP contribution in [-0.4, -0.2) is 12.1 Å². The Morgan fingerprint density at radius 3 is 2.42 bits per heavy atom. The number of amides is 1. The van der Waals surface area contributed by atoms with Gasteiger partial charge in [0.2, 0.25) is 5.91 Å². The molecule has 1 amide bonds. The third-order valence-electron chi connectivity index (χ3n) is 4.83. The van der Waals surface area contributed by atoms with Gasteiger partial charge in [-0.3, -0.25) is 4.79 Å². The maximum atomic E-state index is 13.1. The van der Waals surface area contributed by atoms with Crippen molar-refractivity contribution in [3.63, 3.8) is 0 Å². The van der Waals surface area contributed by atoms with Crippen molar-refractivity contribution >= 4 is 22.9 Å². The molecule has 0 heterocycles. The molecule has 31 heavy (non-hydrogen) atoms. The molecule has 0 unspecified atom stereocenters. The van der Waals surface area contributed by atoms with Crippen LogP contribution in [0.15, 0.2) is 96.1 Å². The first kappa shape index (κ1) is 20.3. The quantitative estimate of drug-likeness (QED) is 0.333. The Morgan fingerprint density at radius 1 is 0.871 bits per heavy atom. The number of hydrogen-bond acceptors (Lipinski definition) is 3.